The first-order chi connectivity index (χ1) is 12.5. The molecule has 0 spiro atoms. The second-order valence-electron chi connectivity index (χ2n) is 5.12. The molecule has 0 radical (unpaired) electrons. The Labute approximate surface area is 155 Å². The number of carbonyl (C=O) groups excluding carboxylic acids is 3. The molecule has 3 amide bonds. The summed E-state index contributed by atoms with van der Waals surface area (Å²) in [7, 11) is 0. The van der Waals surface area contributed by atoms with Crippen LogP contribution in [-0.4, -0.2) is 30.9 Å². The van der Waals surface area contributed by atoms with Gasteiger partial charge in [0.15, 0.2) is 0 Å². The maximum Gasteiger partial charge on any atom is 0.271 e. The second-order valence-corrected chi connectivity index (χ2v) is 5.53. The summed E-state index contributed by atoms with van der Waals surface area (Å²) >= 11 is 5.90. The maximum absolute atomic E-state index is 12.0. The first-order valence-corrected chi connectivity index (χ1v) is 8.24. The van der Waals surface area contributed by atoms with Crippen LogP contribution < -0.4 is 20.9 Å². The smallest absolute Gasteiger partial charge is 0.271 e. The number of halogens is 1. The van der Waals surface area contributed by atoms with Crippen LogP contribution in [0.3, 0.4) is 0 Å². The number of carbonyl (C=O) groups is 3. The summed E-state index contributed by atoms with van der Waals surface area (Å²) in [6.45, 7) is 2.10. The molecule has 0 heterocycles. The lowest BCUT2D eigenvalue weighted by atomic mass is 10.2. The van der Waals surface area contributed by atoms with Gasteiger partial charge >= 0.3 is 0 Å². The first kappa shape index (κ1) is 19.3. The van der Waals surface area contributed by atoms with E-state index >= 15 is 0 Å². The van der Waals surface area contributed by atoms with Gasteiger partial charge in [0.1, 0.15) is 5.75 Å². The van der Waals surface area contributed by atoms with Gasteiger partial charge in [0.05, 0.1) is 23.7 Å². The van der Waals surface area contributed by atoms with Gasteiger partial charge < -0.3 is 10.1 Å². The largest absolute Gasteiger partial charge is 0.494 e. The van der Waals surface area contributed by atoms with E-state index in [1.165, 1.54) is 6.07 Å². The molecule has 0 fully saturated rings. The zero-order chi connectivity index (χ0) is 18.9. The van der Waals surface area contributed by atoms with Crippen molar-refractivity contribution in [3.05, 3.63) is 64.7 Å². The molecule has 3 N–H and O–H groups in total. The van der Waals surface area contributed by atoms with Crippen LogP contribution in [0.1, 0.15) is 27.6 Å². The summed E-state index contributed by atoms with van der Waals surface area (Å²) in [5.41, 5.74) is 5.06. The molecule has 0 bridgehead atoms. The molecule has 0 saturated carbocycles. The van der Waals surface area contributed by atoms with E-state index in [0.717, 1.165) is 0 Å². The molecule has 0 aliphatic rings. The first-order valence-electron chi connectivity index (χ1n) is 7.86. The Morgan fingerprint density at radius 1 is 0.962 bits per heavy atom. The van der Waals surface area contributed by atoms with E-state index in [4.69, 9.17) is 16.3 Å². The zero-order valence-corrected chi connectivity index (χ0v) is 14.8. The van der Waals surface area contributed by atoms with Crippen molar-refractivity contribution < 1.29 is 19.1 Å². The van der Waals surface area contributed by atoms with Crippen LogP contribution in [0.5, 0.6) is 5.75 Å². The second kappa shape index (κ2) is 9.43. The molecule has 0 aliphatic heterocycles. The third-order valence-corrected chi connectivity index (χ3v) is 3.60. The Bertz CT molecular complexity index is 793. The zero-order valence-electron chi connectivity index (χ0n) is 14.0. The van der Waals surface area contributed by atoms with E-state index in [2.05, 4.69) is 16.2 Å². The molecule has 0 aliphatic carbocycles. The molecule has 2 aromatic rings. The minimum Gasteiger partial charge on any atom is -0.494 e. The molecule has 0 atom stereocenters. The highest BCUT2D eigenvalue weighted by Crippen LogP contribution is 2.14. The number of ether oxygens (including phenoxy) is 1. The monoisotopic (exact) mass is 375 g/mol. The van der Waals surface area contributed by atoms with E-state index in [9.17, 15) is 14.4 Å². The van der Waals surface area contributed by atoms with Crippen molar-refractivity contribution in [1.29, 1.82) is 0 Å². The molecule has 0 saturated heterocycles. The van der Waals surface area contributed by atoms with Crippen molar-refractivity contribution >= 4 is 29.3 Å². The van der Waals surface area contributed by atoms with E-state index in [1.807, 2.05) is 6.92 Å². The number of amides is 3. The normalized spacial score (nSPS) is 9.92. The number of benzene rings is 2. The Kier molecular flexibility index (Phi) is 6.99. The molecule has 2 aromatic carbocycles. The molecule has 2 rings (SSSR count). The third-order valence-electron chi connectivity index (χ3n) is 3.27. The average Bonchev–Trinajstić information content (AvgIpc) is 2.65. The topological polar surface area (TPSA) is 96.5 Å². The predicted molar refractivity (Wildman–Crippen MR) is 97.0 cm³/mol. The average molecular weight is 376 g/mol. The summed E-state index contributed by atoms with van der Waals surface area (Å²) in [5, 5.41) is 2.72. The van der Waals surface area contributed by atoms with Gasteiger partial charge in [-0.15, -0.1) is 0 Å². The third kappa shape index (κ3) is 5.49. The fourth-order valence-corrected chi connectivity index (χ4v) is 2.24. The summed E-state index contributed by atoms with van der Waals surface area (Å²) < 4.78 is 5.29. The minimum atomic E-state index is -0.579. The summed E-state index contributed by atoms with van der Waals surface area (Å²) in [4.78, 5) is 35.6. The van der Waals surface area contributed by atoms with Crippen LogP contribution in [0.2, 0.25) is 5.02 Å². The van der Waals surface area contributed by atoms with E-state index in [0.29, 0.717) is 17.9 Å². The Morgan fingerprint density at radius 3 is 2.31 bits per heavy atom. The standard InChI is InChI=1S/C18H18ClN3O4/c1-2-26-13-9-7-12(8-10-13)17(24)20-11-16(23)21-22-18(25)14-5-3-4-6-15(14)19/h3-10H,2,11H2,1H3,(H,20,24)(H,21,23)(H,22,25). The Morgan fingerprint density at radius 2 is 1.65 bits per heavy atom. The highest BCUT2D eigenvalue weighted by molar-refractivity contribution is 6.33. The molecule has 0 aromatic heterocycles. The van der Waals surface area contributed by atoms with Crippen LogP contribution in [0.15, 0.2) is 48.5 Å². The summed E-state index contributed by atoms with van der Waals surface area (Å²) in [6, 6.07) is 13.0. The molecular formula is C18H18ClN3O4. The molecule has 136 valence electrons. The van der Waals surface area contributed by atoms with Crippen molar-refractivity contribution in [2.75, 3.05) is 13.2 Å². The lowest BCUT2D eigenvalue weighted by molar-refractivity contribution is -0.120. The Hall–Kier alpha value is -3.06. The molecule has 7 nitrogen and oxygen atoms in total. The predicted octanol–water partition coefficient (Wildman–Crippen LogP) is 1.93. The number of hydrogen-bond donors (Lipinski definition) is 3. The summed E-state index contributed by atoms with van der Waals surface area (Å²) in [6.07, 6.45) is 0. The molecule has 26 heavy (non-hydrogen) atoms. The van der Waals surface area contributed by atoms with Gasteiger partial charge in [0, 0.05) is 5.56 Å². The van der Waals surface area contributed by atoms with Gasteiger partial charge in [-0.05, 0) is 43.3 Å². The van der Waals surface area contributed by atoms with E-state index in [1.54, 1.807) is 42.5 Å². The van der Waals surface area contributed by atoms with Crippen molar-refractivity contribution in [3.8, 4) is 5.75 Å². The lowest BCUT2D eigenvalue weighted by Gasteiger charge is -2.09. The van der Waals surface area contributed by atoms with Gasteiger partial charge in [0.2, 0.25) is 0 Å². The summed E-state index contributed by atoms with van der Waals surface area (Å²) in [5.74, 6) is -0.892. The highest BCUT2D eigenvalue weighted by Gasteiger charge is 2.12. The SMILES string of the molecule is CCOc1ccc(C(=O)NCC(=O)NNC(=O)c2ccccc2Cl)cc1. The van der Waals surface area contributed by atoms with Gasteiger partial charge in [-0.25, -0.2) is 0 Å². The fraction of sp³-hybridized carbons (Fsp3) is 0.167. The lowest BCUT2D eigenvalue weighted by Crippen LogP contribution is -2.46. The quantitative estimate of drug-likeness (QED) is 0.672. The molecule has 0 unspecified atom stereocenters. The van der Waals surface area contributed by atoms with Gasteiger partial charge in [-0.3, -0.25) is 25.2 Å². The van der Waals surface area contributed by atoms with Crippen LogP contribution in [0, 0.1) is 0 Å². The van der Waals surface area contributed by atoms with Gasteiger partial charge in [0.25, 0.3) is 17.7 Å². The van der Waals surface area contributed by atoms with Crippen molar-refractivity contribution in [3.63, 3.8) is 0 Å². The maximum atomic E-state index is 12.0. The van der Waals surface area contributed by atoms with E-state index < -0.39 is 17.7 Å². The van der Waals surface area contributed by atoms with Crippen molar-refractivity contribution in [2.24, 2.45) is 0 Å². The highest BCUT2D eigenvalue weighted by atomic mass is 35.5. The fourth-order valence-electron chi connectivity index (χ4n) is 2.02. The number of nitrogens with one attached hydrogen (secondary N) is 3. The van der Waals surface area contributed by atoms with Crippen LogP contribution in [0.25, 0.3) is 0 Å². The number of hydrogen-bond acceptors (Lipinski definition) is 4. The molecule has 8 heteroatoms. The van der Waals surface area contributed by atoms with Crippen LogP contribution in [-0.2, 0) is 4.79 Å². The van der Waals surface area contributed by atoms with Crippen molar-refractivity contribution in [1.82, 2.24) is 16.2 Å². The molecular weight excluding hydrogens is 358 g/mol. The van der Waals surface area contributed by atoms with E-state index in [-0.39, 0.29) is 17.1 Å². The number of hydrazine groups is 1. The van der Waals surface area contributed by atoms with Crippen LogP contribution >= 0.6 is 11.6 Å². The van der Waals surface area contributed by atoms with Gasteiger partial charge in [-0.2, -0.15) is 0 Å². The van der Waals surface area contributed by atoms with Gasteiger partial charge in [-0.1, -0.05) is 23.7 Å². The van der Waals surface area contributed by atoms with Crippen molar-refractivity contribution in [2.45, 2.75) is 6.92 Å². The van der Waals surface area contributed by atoms with Crippen LogP contribution in [0.4, 0.5) is 0 Å². The number of rotatable bonds is 6. The Balaban J connectivity index is 1.78. The minimum absolute atomic E-state index is 0.230.